The highest BCUT2D eigenvalue weighted by molar-refractivity contribution is 7.89. The van der Waals surface area contributed by atoms with E-state index in [2.05, 4.69) is 10.3 Å². The highest BCUT2D eigenvalue weighted by Crippen LogP contribution is 2.27. The van der Waals surface area contributed by atoms with Gasteiger partial charge in [0, 0.05) is 45.1 Å². The number of hydrogen-bond donors (Lipinski definition) is 2. The first-order chi connectivity index (χ1) is 12.9. The van der Waals surface area contributed by atoms with Crippen LogP contribution in [0.2, 0.25) is 0 Å². The molecule has 9 heteroatoms. The zero-order chi connectivity index (χ0) is 19.4. The van der Waals surface area contributed by atoms with Gasteiger partial charge in [0.05, 0.1) is 0 Å². The lowest BCUT2D eigenvalue weighted by molar-refractivity contribution is 0.172. The van der Waals surface area contributed by atoms with E-state index in [1.807, 2.05) is 12.1 Å². The number of phenolic OH excluding ortho intramolecular Hbond substituents is 1. The molecule has 0 saturated carbocycles. The number of phenols is 1. The molecule has 8 nitrogen and oxygen atoms in total. The summed E-state index contributed by atoms with van der Waals surface area (Å²) in [6.07, 6.45) is 3.32. The Morgan fingerprint density at radius 3 is 2.48 bits per heavy atom. The summed E-state index contributed by atoms with van der Waals surface area (Å²) in [6, 6.07) is 7.89. The Balaban J connectivity index is 1.59. The number of urea groups is 1. The van der Waals surface area contributed by atoms with E-state index in [0.717, 1.165) is 11.1 Å². The molecule has 1 saturated heterocycles. The van der Waals surface area contributed by atoms with Gasteiger partial charge in [-0.05, 0) is 42.3 Å². The summed E-state index contributed by atoms with van der Waals surface area (Å²) in [5, 5.41) is 12.8. The maximum Gasteiger partial charge on any atom is 0.317 e. The van der Waals surface area contributed by atoms with Crippen LogP contribution in [0.15, 0.2) is 47.6 Å². The van der Waals surface area contributed by atoms with Crippen molar-refractivity contribution in [3.05, 3.63) is 53.9 Å². The summed E-state index contributed by atoms with van der Waals surface area (Å²) in [5.74, 6) is -0.266. The Labute approximate surface area is 158 Å². The predicted octanol–water partition coefficient (Wildman–Crippen LogP) is 1.31. The first kappa shape index (κ1) is 19.1. The van der Waals surface area contributed by atoms with Crippen LogP contribution in [-0.2, 0) is 16.6 Å². The van der Waals surface area contributed by atoms with Gasteiger partial charge in [-0.2, -0.15) is 4.31 Å². The number of nitrogens with zero attached hydrogens (tertiary/aromatic N) is 3. The Morgan fingerprint density at radius 2 is 1.81 bits per heavy atom. The van der Waals surface area contributed by atoms with Gasteiger partial charge in [0.1, 0.15) is 10.6 Å². The number of aryl methyl sites for hydroxylation is 1. The average Bonchev–Trinajstić information content (AvgIpc) is 2.68. The van der Waals surface area contributed by atoms with E-state index in [1.54, 1.807) is 30.3 Å². The van der Waals surface area contributed by atoms with Crippen molar-refractivity contribution in [2.45, 2.75) is 18.4 Å². The number of carbonyl (C=O) groups excluding carboxylic acids is 1. The van der Waals surface area contributed by atoms with Crippen molar-refractivity contribution in [3.63, 3.8) is 0 Å². The third kappa shape index (κ3) is 4.37. The quantitative estimate of drug-likeness (QED) is 0.819. The minimum Gasteiger partial charge on any atom is -0.507 e. The minimum atomic E-state index is -3.80. The monoisotopic (exact) mass is 390 g/mol. The molecule has 0 spiro atoms. The number of benzene rings is 1. The Morgan fingerprint density at radius 1 is 1.15 bits per heavy atom. The molecule has 2 aromatic rings. The van der Waals surface area contributed by atoms with Gasteiger partial charge in [0.2, 0.25) is 10.0 Å². The van der Waals surface area contributed by atoms with Crippen LogP contribution in [-0.4, -0.2) is 59.9 Å². The number of nitrogens with one attached hydrogen (secondary N) is 1. The van der Waals surface area contributed by atoms with Crippen LogP contribution in [0.3, 0.4) is 0 Å². The molecule has 2 heterocycles. The van der Waals surface area contributed by atoms with Crippen LogP contribution in [0.1, 0.15) is 11.1 Å². The molecule has 0 aliphatic carbocycles. The molecule has 1 aromatic heterocycles. The van der Waals surface area contributed by atoms with Gasteiger partial charge >= 0.3 is 6.03 Å². The zero-order valence-corrected chi connectivity index (χ0v) is 15.8. The van der Waals surface area contributed by atoms with Crippen molar-refractivity contribution in [3.8, 4) is 5.75 Å². The highest BCUT2D eigenvalue weighted by atomic mass is 32.2. The Bertz CT molecular complexity index is 910. The van der Waals surface area contributed by atoms with E-state index < -0.39 is 10.0 Å². The number of pyridine rings is 1. The third-order valence-electron chi connectivity index (χ3n) is 4.45. The predicted molar refractivity (Wildman–Crippen MR) is 99.6 cm³/mol. The van der Waals surface area contributed by atoms with E-state index in [-0.39, 0.29) is 42.9 Å². The fraction of sp³-hybridized carbons (Fsp3) is 0.333. The lowest BCUT2D eigenvalue weighted by Crippen LogP contribution is -2.52. The van der Waals surface area contributed by atoms with E-state index in [0.29, 0.717) is 6.54 Å². The molecule has 2 N–H and O–H groups in total. The summed E-state index contributed by atoms with van der Waals surface area (Å²) < 4.78 is 26.9. The molecule has 27 heavy (non-hydrogen) atoms. The fourth-order valence-electron chi connectivity index (χ4n) is 2.89. The van der Waals surface area contributed by atoms with Crippen LogP contribution < -0.4 is 5.32 Å². The molecule has 2 amide bonds. The van der Waals surface area contributed by atoms with Crippen molar-refractivity contribution >= 4 is 16.1 Å². The van der Waals surface area contributed by atoms with Crippen LogP contribution in [0.4, 0.5) is 4.79 Å². The number of carbonyl (C=O) groups is 1. The molecule has 0 atom stereocenters. The number of rotatable bonds is 4. The van der Waals surface area contributed by atoms with Crippen LogP contribution in [0, 0.1) is 6.92 Å². The van der Waals surface area contributed by atoms with E-state index in [4.69, 9.17) is 0 Å². The van der Waals surface area contributed by atoms with Gasteiger partial charge in [-0.15, -0.1) is 0 Å². The Hall–Kier alpha value is -2.65. The smallest absolute Gasteiger partial charge is 0.317 e. The second kappa shape index (κ2) is 7.93. The fourth-order valence-corrected chi connectivity index (χ4v) is 4.48. The van der Waals surface area contributed by atoms with E-state index in [1.165, 1.54) is 16.4 Å². The second-order valence-corrected chi connectivity index (χ2v) is 8.28. The van der Waals surface area contributed by atoms with Gasteiger partial charge in [-0.1, -0.05) is 6.07 Å². The lowest BCUT2D eigenvalue weighted by Gasteiger charge is -2.34. The number of amides is 2. The van der Waals surface area contributed by atoms with Crippen molar-refractivity contribution in [2.75, 3.05) is 26.2 Å². The first-order valence-electron chi connectivity index (χ1n) is 8.59. The van der Waals surface area contributed by atoms with Crippen molar-refractivity contribution in [1.29, 1.82) is 0 Å². The largest absolute Gasteiger partial charge is 0.507 e. The molecule has 1 aliphatic rings. The molecule has 0 radical (unpaired) electrons. The van der Waals surface area contributed by atoms with E-state index >= 15 is 0 Å². The topological polar surface area (TPSA) is 103 Å². The standard InChI is InChI=1S/C18H22N4O4S/c1-14-2-3-16(23)17(12-14)27(25,26)22-10-8-21(9-11-22)18(24)20-13-15-4-6-19-7-5-15/h2-7,12,23H,8-11,13H2,1H3,(H,20,24). The maximum absolute atomic E-state index is 12.8. The number of aromatic nitrogens is 1. The molecular formula is C18H22N4O4S. The highest BCUT2D eigenvalue weighted by Gasteiger charge is 2.31. The molecular weight excluding hydrogens is 368 g/mol. The minimum absolute atomic E-state index is 0.0990. The third-order valence-corrected chi connectivity index (χ3v) is 6.38. The summed E-state index contributed by atoms with van der Waals surface area (Å²) in [6.45, 7) is 3.08. The molecule has 0 bridgehead atoms. The van der Waals surface area contributed by atoms with Gasteiger partial charge in [-0.3, -0.25) is 4.98 Å². The molecule has 1 aliphatic heterocycles. The first-order valence-corrected chi connectivity index (χ1v) is 10.0. The van der Waals surface area contributed by atoms with Crippen LogP contribution >= 0.6 is 0 Å². The number of piperazine rings is 1. The van der Waals surface area contributed by atoms with Crippen molar-refractivity contribution in [1.82, 2.24) is 19.5 Å². The second-order valence-electron chi connectivity index (χ2n) is 6.38. The van der Waals surface area contributed by atoms with Crippen LogP contribution in [0.25, 0.3) is 0 Å². The number of sulfonamides is 1. The zero-order valence-electron chi connectivity index (χ0n) is 15.0. The van der Waals surface area contributed by atoms with E-state index in [9.17, 15) is 18.3 Å². The normalized spacial score (nSPS) is 15.5. The van der Waals surface area contributed by atoms with Crippen LogP contribution in [0.5, 0.6) is 5.75 Å². The van der Waals surface area contributed by atoms with Crippen molar-refractivity contribution < 1.29 is 18.3 Å². The lowest BCUT2D eigenvalue weighted by atomic mass is 10.2. The number of hydrogen-bond acceptors (Lipinski definition) is 5. The molecule has 144 valence electrons. The maximum atomic E-state index is 12.8. The molecule has 3 rings (SSSR count). The average molecular weight is 390 g/mol. The van der Waals surface area contributed by atoms with Gasteiger partial charge in [0.15, 0.2) is 0 Å². The van der Waals surface area contributed by atoms with Crippen molar-refractivity contribution in [2.24, 2.45) is 0 Å². The van der Waals surface area contributed by atoms with Gasteiger partial charge < -0.3 is 15.3 Å². The number of aromatic hydroxyl groups is 1. The van der Waals surface area contributed by atoms with Gasteiger partial charge in [-0.25, -0.2) is 13.2 Å². The Kier molecular flexibility index (Phi) is 5.62. The molecule has 1 fully saturated rings. The summed E-state index contributed by atoms with van der Waals surface area (Å²) in [7, 11) is -3.80. The SMILES string of the molecule is Cc1ccc(O)c(S(=O)(=O)N2CCN(C(=O)NCc3ccncc3)CC2)c1. The van der Waals surface area contributed by atoms with Gasteiger partial charge in [0.25, 0.3) is 0 Å². The molecule has 0 unspecified atom stereocenters. The summed E-state index contributed by atoms with van der Waals surface area (Å²) >= 11 is 0. The molecule has 1 aromatic carbocycles. The summed E-state index contributed by atoms with van der Waals surface area (Å²) in [5.41, 5.74) is 1.69. The summed E-state index contributed by atoms with van der Waals surface area (Å²) in [4.78, 5) is 17.7.